The minimum Gasteiger partial charge on any atom is -0.459 e. The summed E-state index contributed by atoms with van der Waals surface area (Å²) >= 11 is 0. The van der Waals surface area contributed by atoms with E-state index < -0.39 is 0 Å². The van der Waals surface area contributed by atoms with Gasteiger partial charge in [-0.3, -0.25) is 0 Å². The van der Waals surface area contributed by atoms with E-state index in [0.29, 0.717) is 5.92 Å². The first-order chi connectivity index (χ1) is 9.27. The zero-order valence-corrected chi connectivity index (χ0v) is 13.8. The van der Waals surface area contributed by atoms with Crippen LogP contribution in [0.4, 0.5) is 0 Å². The van der Waals surface area contributed by atoms with Crippen molar-refractivity contribution in [2.75, 3.05) is 7.05 Å². The van der Waals surface area contributed by atoms with Crippen molar-refractivity contribution in [2.24, 2.45) is 0 Å². The van der Waals surface area contributed by atoms with E-state index in [-0.39, 0.29) is 5.41 Å². The molecule has 0 saturated carbocycles. The molecule has 2 heteroatoms. The van der Waals surface area contributed by atoms with E-state index >= 15 is 0 Å². The second-order valence-corrected chi connectivity index (χ2v) is 7.01. The highest BCUT2D eigenvalue weighted by Gasteiger charge is 2.25. The van der Waals surface area contributed by atoms with Gasteiger partial charge in [-0.15, -0.1) is 0 Å². The topological polar surface area (TPSA) is 25.2 Å². The number of benzene rings is 1. The van der Waals surface area contributed by atoms with Crippen molar-refractivity contribution in [3.05, 3.63) is 34.6 Å². The molecule has 0 bridgehead atoms. The average Bonchev–Trinajstić information content (AvgIpc) is 2.68. The summed E-state index contributed by atoms with van der Waals surface area (Å²) in [5.74, 6) is 1.55. The molecule has 1 aromatic carbocycles. The number of hydrogen-bond acceptors (Lipinski definition) is 2. The molecule has 0 aliphatic rings. The Morgan fingerprint density at radius 1 is 1.20 bits per heavy atom. The van der Waals surface area contributed by atoms with Crippen molar-refractivity contribution in [3.8, 4) is 0 Å². The fourth-order valence-corrected chi connectivity index (χ4v) is 2.93. The Kier molecular flexibility index (Phi) is 3.97. The largest absolute Gasteiger partial charge is 0.459 e. The Hall–Kier alpha value is -1.28. The molecule has 1 aromatic heterocycles. The highest BCUT2D eigenvalue weighted by Crippen LogP contribution is 2.39. The lowest BCUT2D eigenvalue weighted by atomic mass is 9.84. The predicted molar refractivity (Wildman–Crippen MR) is 86.5 cm³/mol. The molecule has 110 valence electrons. The van der Waals surface area contributed by atoms with E-state index in [1.165, 1.54) is 22.1 Å². The molecule has 2 aromatic rings. The SMILES string of the molecule is CNCc1oc2c(C(C)(C)C)ccc(C)c2c1C(C)C. The van der Waals surface area contributed by atoms with Gasteiger partial charge in [-0.05, 0) is 30.9 Å². The van der Waals surface area contributed by atoms with Gasteiger partial charge in [0.2, 0.25) is 0 Å². The standard InChI is InChI=1S/C18H27NO/c1-11(2)15-14(10-19-7)20-17-13(18(4,5)6)9-8-12(3)16(15)17/h8-9,11,19H,10H2,1-7H3. The summed E-state index contributed by atoms with van der Waals surface area (Å²) in [6.45, 7) is 14.2. The van der Waals surface area contributed by atoms with Crippen LogP contribution in [-0.4, -0.2) is 7.05 Å². The molecule has 2 rings (SSSR count). The molecule has 1 heterocycles. The second kappa shape index (κ2) is 5.25. The number of hydrogen-bond donors (Lipinski definition) is 1. The molecule has 0 atom stereocenters. The highest BCUT2D eigenvalue weighted by molar-refractivity contribution is 5.89. The third kappa shape index (κ3) is 2.49. The Bertz CT molecular complexity index is 614. The van der Waals surface area contributed by atoms with Crippen molar-refractivity contribution in [2.45, 2.75) is 59.4 Å². The molecular weight excluding hydrogens is 246 g/mol. The molecule has 0 saturated heterocycles. The number of rotatable bonds is 3. The van der Waals surface area contributed by atoms with Gasteiger partial charge in [0.25, 0.3) is 0 Å². The first kappa shape index (κ1) is 15.1. The summed E-state index contributed by atoms with van der Waals surface area (Å²) in [4.78, 5) is 0. The van der Waals surface area contributed by atoms with Crippen LogP contribution in [0.3, 0.4) is 0 Å². The molecule has 2 nitrogen and oxygen atoms in total. The van der Waals surface area contributed by atoms with Crippen molar-refractivity contribution >= 4 is 11.0 Å². The lowest BCUT2D eigenvalue weighted by Crippen LogP contribution is -2.11. The van der Waals surface area contributed by atoms with Crippen LogP contribution in [0.2, 0.25) is 0 Å². The van der Waals surface area contributed by atoms with E-state index in [1.807, 2.05) is 7.05 Å². The van der Waals surface area contributed by atoms with Gasteiger partial charge in [-0.25, -0.2) is 0 Å². The summed E-state index contributed by atoms with van der Waals surface area (Å²) in [5, 5.41) is 4.54. The van der Waals surface area contributed by atoms with Gasteiger partial charge in [0.1, 0.15) is 11.3 Å². The van der Waals surface area contributed by atoms with Crippen molar-refractivity contribution in [1.29, 1.82) is 0 Å². The molecular formula is C18H27NO. The average molecular weight is 273 g/mol. The van der Waals surface area contributed by atoms with E-state index in [4.69, 9.17) is 4.42 Å². The summed E-state index contributed by atoms with van der Waals surface area (Å²) in [6.07, 6.45) is 0. The van der Waals surface area contributed by atoms with E-state index in [0.717, 1.165) is 17.9 Å². The minimum absolute atomic E-state index is 0.0922. The zero-order chi connectivity index (χ0) is 15.1. The van der Waals surface area contributed by atoms with Crippen LogP contribution in [0.15, 0.2) is 16.5 Å². The van der Waals surface area contributed by atoms with Gasteiger partial charge in [-0.2, -0.15) is 0 Å². The molecule has 0 aliphatic carbocycles. The normalized spacial score (nSPS) is 12.6. The van der Waals surface area contributed by atoms with Crippen LogP contribution in [0.1, 0.15) is 63.0 Å². The van der Waals surface area contributed by atoms with Gasteiger partial charge in [-0.1, -0.05) is 46.8 Å². The van der Waals surface area contributed by atoms with Crippen LogP contribution < -0.4 is 5.32 Å². The van der Waals surface area contributed by atoms with E-state index in [9.17, 15) is 0 Å². The monoisotopic (exact) mass is 273 g/mol. The molecule has 1 N–H and O–H groups in total. The van der Waals surface area contributed by atoms with Crippen LogP contribution in [0.5, 0.6) is 0 Å². The zero-order valence-electron chi connectivity index (χ0n) is 13.8. The van der Waals surface area contributed by atoms with Gasteiger partial charge >= 0.3 is 0 Å². The number of furan rings is 1. The fourth-order valence-electron chi connectivity index (χ4n) is 2.93. The van der Waals surface area contributed by atoms with E-state index in [2.05, 4.69) is 59.0 Å². The quantitative estimate of drug-likeness (QED) is 0.862. The summed E-state index contributed by atoms with van der Waals surface area (Å²) in [5.41, 5.74) is 5.13. The van der Waals surface area contributed by atoms with Crippen LogP contribution in [0, 0.1) is 6.92 Å². The molecule has 0 unspecified atom stereocenters. The lowest BCUT2D eigenvalue weighted by Gasteiger charge is -2.19. The predicted octanol–water partition coefficient (Wildman–Crippen LogP) is 4.88. The first-order valence-corrected chi connectivity index (χ1v) is 7.47. The summed E-state index contributed by atoms with van der Waals surface area (Å²) in [7, 11) is 1.97. The molecule has 0 aliphatic heterocycles. The van der Waals surface area contributed by atoms with Gasteiger partial charge in [0, 0.05) is 16.5 Å². The number of fused-ring (bicyclic) bond motifs is 1. The maximum atomic E-state index is 6.28. The Labute approximate surface area is 122 Å². The lowest BCUT2D eigenvalue weighted by molar-refractivity contribution is 0.505. The molecule has 0 amide bonds. The highest BCUT2D eigenvalue weighted by atomic mass is 16.3. The van der Waals surface area contributed by atoms with Gasteiger partial charge in [0.15, 0.2) is 0 Å². The van der Waals surface area contributed by atoms with Crippen LogP contribution in [0.25, 0.3) is 11.0 Å². The van der Waals surface area contributed by atoms with Crippen LogP contribution >= 0.6 is 0 Å². The Balaban J connectivity index is 2.85. The van der Waals surface area contributed by atoms with Crippen molar-refractivity contribution < 1.29 is 4.42 Å². The fraction of sp³-hybridized carbons (Fsp3) is 0.556. The smallest absolute Gasteiger partial charge is 0.138 e. The van der Waals surface area contributed by atoms with Gasteiger partial charge < -0.3 is 9.73 Å². The van der Waals surface area contributed by atoms with Crippen LogP contribution in [-0.2, 0) is 12.0 Å². The number of nitrogens with one attached hydrogen (secondary N) is 1. The summed E-state index contributed by atoms with van der Waals surface area (Å²) < 4.78 is 6.28. The van der Waals surface area contributed by atoms with E-state index in [1.54, 1.807) is 0 Å². The second-order valence-electron chi connectivity index (χ2n) is 7.01. The summed E-state index contributed by atoms with van der Waals surface area (Å²) in [6, 6.07) is 4.45. The van der Waals surface area contributed by atoms with Gasteiger partial charge in [0.05, 0.1) is 6.54 Å². The van der Waals surface area contributed by atoms with Crippen molar-refractivity contribution in [1.82, 2.24) is 5.32 Å². The molecule has 0 radical (unpaired) electrons. The Morgan fingerprint density at radius 3 is 2.35 bits per heavy atom. The Morgan fingerprint density at radius 2 is 1.85 bits per heavy atom. The minimum atomic E-state index is 0.0922. The third-order valence-electron chi connectivity index (χ3n) is 3.88. The molecule has 20 heavy (non-hydrogen) atoms. The third-order valence-corrected chi connectivity index (χ3v) is 3.88. The first-order valence-electron chi connectivity index (χ1n) is 7.47. The maximum Gasteiger partial charge on any atom is 0.138 e. The number of aryl methyl sites for hydroxylation is 1. The molecule has 0 fully saturated rings. The maximum absolute atomic E-state index is 6.28. The van der Waals surface area contributed by atoms with Crippen molar-refractivity contribution in [3.63, 3.8) is 0 Å². The molecule has 0 spiro atoms.